The molecule has 9 aromatic rings. The molecule has 166 valence electrons. The normalized spacial score (nSPS) is 12.4. The highest BCUT2D eigenvalue weighted by atomic mass is 14.9. The van der Waals surface area contributed by atoms with Gasteiger partial charge in [0, 0.05) is 43.2 Å². The minimum atomic E-state index is 0.937. The number of aromatic nitrogens is 3. The molecule has 4 heterocycles. The van der Waals surface area contributed by atoms with Crippen molar-refractivity contribution in [1.29, 1.82) is 0 Å². The van der Waals surface area contributed by atoms with E-state index in [4.69, 9.17) is 4.98 Å². The first kappa shape index (κ1) is 18.4. The number of H-pyrrole nitrogens is 1. The number of nitrogens with zero attached hydrogens (tertiary/aromatic N) is 2. The summed E-state index contributed by atoms with van der Waals surface area (Å²) in [5, 5.41) is 8.75. The Balaban J connectivity index is 1.36. The Morgan fingerprint density at radius 1 is 0.528 bits per heavy atom. The molecular weight excluding hydrogens is 438 g/mol. The molecule has 0 amide bonds. The van der Waals surface area contributed by atoms with E-state index >= 15 is 0 Å². The van der Waals surface area contributed by atoms with E-state index < -0.39 is 0 Å². The van der Waals surface area contributed by atoms with Crippen molar-refractivity contribution >= 4 is 70.9 Å². The molecule has 0 aliphatic carbocycles. The third-order valence-electron chi connectivity index (χ3n) is 7.82. The minimum Gasteiger partial charge on any atom is -0.339 e. The van der Waals surface area contributed by atoms with Crippen LogP contribution in [0.15, 0.2) is 109 Å². The Morgan fingerprint density at radius 2 is 1.22 bits per heavy atom. The summed E-state index contributed by atoms with van der Waals surface area (Å²) >= 11 is 0. The third-order valence-corrected chi connectivity index (χ3v) is 7.82. The predicted molar refractivity (Wildman–Crippen MR) is 151 cm³/mol. The van der Waals surface area contributed by atoms with Crippen molar-refractivity contribution in [3.63, 3.8) is 0 Å². The molecule has 0 aliphatic rings. The number of aromatic amines is 1. The van der Waals surface area contributed by atoms with E-state index in [1.807, 2.05) is 6.07 Å². The van der Waals surface area contributed by atoms with Gasteiger partial charge in [0.15, 0.2) is 0 Å². The summed E-state index contributed by atoms with van der Waals surface area (Å²) in [6.07, 6.45) is 0. The molecule has 0 radical (unpaired) electrons. The third kappa shape index (κ3) is 2.25. The van der Waals surface area contributed by atoms with Gasteiger partial charge in [-0.15, -0.1) is 0 Å². The van der Waals surface area contributed by atoms with Crippen LogP contribution in [0.2, 0.25) is 0 Å². The molecule has 0 spiro atoms. The number of nitrogens with one attached hydrogen (secondary N) is 1. The molecular formula is C33H19N3. The molecule has 0 atom stereocenters. The molecule has 3 heteroatoms. The molecule has 5 aromatic carbocycles. The fraction of sp³-hybridized carbons (Fsp3) is 0. The second-order valence-corrected chi connectivity index (χ2v) is 9.75. The summed E-state index contributed by atoms with van der Waals surface area (Å²) in [5.74, 6) is 0. The molecule has 0 unspecified atom stereocenters. The van der Waals surface area contributed by atoms with Crippen LogP contribution in [0, 0.1) is 0 Å². The van der Waals surface area contributed by atoms with Crippen molar-refractivity contribution in [3.8, 4) is 11.1 Å². The molecule has 0 bridgehead atoms. The highest BCUT2D eigenvalue weighted by Gasteiger charge is 2.18. The first-order valence-corrected chi connectivity index (χ1v) is 12.3. The smallest absolute Gasteiger partial charge is 0.139 e. The highest BCUT2D eigenvalue weighted by Crippen LogP contribution is 2.42. The zero-order valence-corrected chi connectivity index (χ0v) is 19.3. The second kappa shape index (κ2) is 6.41. The van der Waals surface area contributed by atoms with E-state index in [9.17, 15) is 0 Å². The fourth-order valence-electron chi connectivity index (χ4n) is 6.22. The maximum absolute atomic E-state index is 4.89. The Bertz CT molecular complexity index is 2230. The van der Waals surface area contributed by atoms with Crippen LogP contribution in [-0.4, -0.2) is 14.4 Å². The largest absolute Gasteiger partial charge is 0.339 e. The van der Waals surface area contributed by atoms with E-state index in [1.54, 1.807) is 0 Å². The average Bonchev–Trinajstić information content (AvgIpc) is 3.57. The summed E-state index contributed by atoms with van der Waals surface area (Å²) in [7, 11) is 0. The van der Waals surface area contributed by atoms with Crippen LogP contribution >= 0.6 is 0 Å². The van der Waals surface area contributed by atoms with Crippen molar-refractivity contribution in [2.45, 2.75) is 0 Å². The minimum absolute atomic E-state index is 0.937. The number of para-hydroxylation sites is 3. The van der Waals surface area contributed by atoms with Crippen LogP contribution in [0.3, 0.4) is 0 Å². The lowest BCUT2D eigenvalue weighted by atomic mass is 9.98. The van der Waals surface area contributed by atoms with Gasteiger partial charge in [0.05, 0.1) is 22.1 Å². The van der Waals surface area contributed by atoms with E-state index in [0.29, 0.717) is 0 Å². The summed E-state index contributed by atoms with van der Waals surface area (Å²) < 4.78 is 2.43. The summed E-state index contributed by atoms with van der Waals surface area (Å²) in [6, 6.07) is 39.5. The highest BCUT2D eigenvalue weighted by molar-refractivity contribution is 6.24. The first-order chi connectivity index (χ1) is 17.8. The number of hydrogen-bond donors (Lipinski definition) is 1. The van der Waals surface area contributed by atoms with Gasteiger partial charge in [-0.3, -0.25) is 0 Å². The lowest BCUT2D eigenvalue weighted by Gasteiger charge is -2.05. The Morgan fingerprint density at radius 3 is 2.00 bits per heavy atom. The standard InChI is InChI=1S/C33H19N3/c1-4-10-28-20(7-1)15-27-22-14-13-19(18-29(22)35-33(27)34-28)21-16-25-23-8-2-5-11-30(23)36-31-12-6-3-9-24(31)26(17-21)32(25)36/h1-18H,(H,34,35). The molecule has 4 aromatic heterocycles. The number of rotatable bonds is 1. The second-order valence-electron chi connectivity index (χ2n) is 9.75. The van der Waals surface area contributed by atoms with E-state index in [2.05, 4.69) is 113 Å². The van der Waals surface area contributed by atoms with Gasteiger partial charge in [-0.05, 0) is 53.6 Å². The van der Waals surface area contributed by atoms with E-state index in [-0.39, 0.29) is 0 Å². The molecule has 0 fully saturated rings. The SMILES string of the molecule is c1ccc2nc3[nH]c4cc(-c5cc6c7ccccc7n7c8ccccc8c(c5)c67)ccc4c3cc2c1. The maximum Gasteiger partial charge on any atom is 0.139 e. The lowest BCUT2D eigenvalue weighted by molar-refractivity contribution is 1.37. The fourth-order valence-corrected chi connectivity index (χ4v) is 6.22. The van der Waals surface area contributed by atoms with Crippen molar-refractivity contribution in [1.82, 2.24) is 14.4 Å². The van der Waals surface area contributed by atoms with Gasteiger partial charge in [0.1, 0.15) is 5.65 Å². The van der Waals surface area contributed by atoms with E-state index in [0.717, 1.165) is 16.7 Å². The van der Waals surface area contributed by atoms with Crippen molar-refractivity contribution in [2.75, 3.05) is 0 Å². The quantitative estimate of drug-likeness (QED) is 0.263. The van der Waals surface area contributed by atoms with Crippen molar-refractivity contribution < 1.29 is 0 Å². The van der Waals surface area contributed by atoms with Crippen LogP contribution in [0.1, 0.15) is 0 Å². The van der Waals surface area contributed by atoms with Gasteiger partial charge in [0.2, 0.25) is 0 Å². The van der Waals surface area contributed by atoms with Gasteiger partial charge < -0.3 is 9.38 Å². The van der Waals surface area contributed by atoms with Gasteiger partial charge in [-0.25, -0.2) is 4.98 Å². The van der Waals surface area contributed by atoms with Crippen LogP contribution in [0.4, 0.5) is 0 Å². The monoisotopic (exact) mass is 457 g/mol. The Hall–Kier alpha value is -4.89. The molecule has 3 nitrogen and oxygen atoms in total. The molecule has 0 saturated heterocycles. The lowest BCUT2D eigenvalue weighted by Crippen LogP contribution is -1.80. The topological polar surface area (TPSA) is 33.1 Å². The molecule has 0 saturated carbocycles. The zero-order valence-electron chi connectivity index (χ0n) is 19.3. The number of hydrogen-bond acceptors (Lipinski definition) is 1. The van der Waals surface area contributed by atoms with Gasteiger partial charge >= 0.3 is 0 Å². The molecule has 1 N–H and O–H groups in total. The van der Waals surface area contributed by atoms with Gasteiger partial charge in [-0.1, -0.05) is 66.7 Å². The average molecular weight is 458 g/mol. The molecule has 36 heavy (non-hydrogen) atoms. The zero-order chi connectivity index (χ0) is 23.4. The van der Waals surface area contributed by atoms with Crippen LogP contribution in [0.5, 0.6) is 0 Å². The molecule has 9 rings (SSSR count). The van der Waals surface area contributed by atoms with Crippen LogP contribution in [0.25, 0.3) is 82.1 Å². The number of fused-ring (bicyclic) bond motifs is 10. The van der Waals surface area contributed by atoms with Gasteiger partial charge in [0.25, 0.3) is 0 Å². The number of benzene rings is 5. The van der Waals surface area contributed by atoms with Crippen molar-refractivity contribution in [2.24, 2.45) is 0 Å². The predicted octanol–water partition coefficient (Wildman–Crippen LogP) is 8.69. The summed E-state index contributed by atoms with van der Waals surface area (Å²) in [4.78, 5) is 8.47. The molecule has 0 aliphatic heterocycles. The summed E-state index contributed by atoms with van der Waals surface area (Å²) in [6.45, 7) is 0. The van der Waals surface area contributed by atoms with E-state index in [1.165, 1.54) is 65.4 Å². The first-order valence-electron chi connectivity index (χ1n) is 12.3. The maximum atomic E-state index is 4.89. The Labute approximate surface area is 205 Å². The number of pyridine rings is 1. The van der Waals surface area contributed by atoms with Crippen LogP contribution in [-0.2, 0) is 0 Å². The van der Waals surface area contributed by atoms with Crippen LogP contribution < -0.4 is 0 Å². The Kier molecular flexibility index (Phi) is 3.28. The van der Waals surface area contributed by atoms with Crippen molar-refractivity contribution in [3.05, 3.63) is 109 Å². The van der Waals surface area contributed by atoms with Gasteiger partial charge in [-0.2, -0.15) is 0 Å². The summed E-state index contributed by atoms with van der Waals surface area (Å²) in [5.41, 5.74) is 9.34.